The van der Waals surface area contributed by atoms with E-state index in [9.17, 15) is 14.8 Å². The highest BCUT2D eigenvalue weighted by Gasteiger charge is 2.28. The number of halogens is 1. The Bertz CT molecular complexity index is 612. The van der Waals surface area contributed by atoms with Gasteiger partial charge in [-0.25, -0.2) is 9.48 Å². The molecule has 1 aromatic heterocycles. The summed E-state index contributed by atoms with van der Waals surface area (Å²) in [5.74, 6) is -0.657. The zero-order chi connectivity index (χ0) is 14.7. The average molecular weight is 295 g/mol. The van der Waals surface area contributed by atoms with Crippen LogP contribution in [0.2, 0.25) is 5.02 Å². The Balaban J connectivity index is 2.49. The molecule has 2 aromatic rings. The van der Waals surface area contributed by atoms with E-state index >= 15 is 0 Å². The molecule has 8 heteroatoms. The number of esters is 1. The van der Waals surface area contributed by atoms with E-state index in [1.165, 1.54) is 10.9 Å². The molecule has 0 aliphatic heterocycles. The number of hydrogen-bond acceptors (Lipinski definition) is 5. The van der Waals surface area contributed by atoms with Gasteiger partial charge in [0.1, 0.15) is 0 Å². The summed E-state index contributed by atoms with van der Waals surface area (Å²) in [6.07, 6.45) is 1.24. The number of aromatic nitrogens is 2. The Morgan fingerprint density at radius 3 is 2.60 bits per heavy atom. The van der Waals surface area contributed by atoms with E-state index in [2.05, 4.69) is 5.10 Å². The summed E-state index contributed by atoms with van der Waals surface area (Å²) in [6.45, 7) is 1.85. The van der Waals surface area contributed by atoms with Crippen LogP contribution in [0.3, 0.4) is 0 Å². The standard InChI is InChI=1S/C12H12BClN2O4/c1-2-20-12(17)10-7-15-16(11(10)13(18)19)9-5-3-8(14)4-6-9/h3-7,18-19H,2H2,1H3. The summed E-state index contributed by atoms with van der Waals surface area (Å²) < 4.78 is 6.11. The first kappa shape index (κ1) is 14.6. The third-order valence-electron chi connectivity index (χ3n) is 2.62. The van der Waals surface area contributed by atoms with Crippen LogP contribution in [0.4, 0.5) is 0 Å². The van der Waals surface area contributed by atoms with E-state index < -0.39 is 13.1 Å². The molecule has 1 aromatic carbocycles. The first-order valence-corrected chi connectivity index (χ1v) is 6.29. The fourth-order valence-electron chi connectivity index (χ4n) is 1.76. The number of rotatable bonds is 4. The molecule has 0 amide bonds. The van der Waals surface area contributed by atoms with Crippen LogP contribution in [0.5, 0.6) is 0 Å². The monoisotopic (exact) mass is 294 g/mol. The topological polar surface area (TPSA) is 84.6 Å². The molecule has 0 bridgehead atoms. The SMILES string of the molecule is CCOC(=O)c1cnn(-c2ccc(Cl)cc2)c1B(O)O. The van der Waals surface area contributed by atoms with E-state index in [-0.39, 0.29) is 17.8 Å². The quantitative estimate of drug-likeness (QED) is 0.629. The Kier molecular flexibility index (Phi) is 4.44. The van der Waals surface area contributed by atoms with Gasteiger partial charge in [-0.15, -0.1) is 0 Å². The zero-order valence-electron chi connectivity index (χ0n) is 10.7. The number of nitrogens with zero attached hydrogens (tertiary/aromatic N) is 2. The highest BCUT2D eigenvalue weighted by atomic mass is 35.5. The summed E-state index contributed by atoms with van der Waals surface area (Å²) in [7, 11) is -1.85. The molecule has 0 saturated carbocycles. The van der Waals surface area contributed by atoms with Crippen LogP contribution in [0.25, 0.3) is 5.69 Å². The van der Waals surface area contributed by atoms with Crippen LogP contribution in [0.1, 0.15) is 17.3 Å². The lowest BCUT2D eigenvalue weighted by atomic mass is 9.82. The summed E-state index contributed by atoms with van der Waals surface area (Å²) in [5.41, 5.74) is 0.510. The van der Waals surface area contributed by atoms with Gasteiger partial charge in [0, 0.05) is 5.02 Å². The molecule has 0 aliphatic carbocycles. The van der Waals surface area contributed by atoms with E-state index in [0.717, 1.165) is 0 Å². The first-order chi connectivity index (χ1) is 9.54. The second-order valence-corrected chi connectivity index (χ2v) is 4.36. The van der Waals surface area contributed by atoms with Gasteiger partial charge in [-0.2, -0.15) is 5.10 Å². The molecule has 2 rings (SSSR count). The van der Waals surface area contributed by atoms with Crippen molar-refractivity contribution in [3.05, 3.63) is 41.0 Å². The van der Waals surface area contributed by atoms with E-state index in [1.54, 1.807) is 31.2 Å². The Morgan fingerprint density at radius 2 is 2.05 bits per heavy atom. The molecule has 0 saturated heterocycles. The smallest absolute Gasteiger partial charge is 0.462 e. The van der Waals surface area contributed by atoms with Crippen molar-refractivity contribution in [2.45, 2.75) is 6.92 Å². The molecular weight excluding hydrogens is 282 g/mol. The lowest BCUT2D eigenvalue weighted by Crippen LogP contribution is -2.39. The maximum atomic E-state index is 11.7. The molecule has 104 valence electrons. The summed E-state index contributed by atoms with van der Waals surface area (Å²) >= 11 is 5.80. The third kappa shape index (κ3) is 2.85. The van der Waals surface area contributed by atoms with Crippen LogP contribution in [0, 0.1) is 0 Å². The van der Waals surface area contributed by atoms with Gasteiger partial charge < -0.3 is 14.8 Å². The van der Waals surface area contributed by atoms with Crippen molar-refractivity contribution in [3.63, 3.8) is 0 Å². The van der Waals surface area contributed by atoms with E-state index in [0.29, 0.717) is 10.7 Å². The van der Waals surface area contributed by atoms with Gasteiger partial charge in [-0.05, 0) is 31.2 Å². The molecule has 0 atom stereocenters. The predicted molar refractivity (Wildman–Crippen MR) is 74.4 cm³/mol. The highest BCUT2D eigenvalue weighted by Crippen LogP contribution is 2.13. The lowest BCUT2D eigenvalue weighted by Gasteiger charge is -2.08. The van der Waals surface area contributed by atoms with Gasteiger partial charge in [0.15, 0.2) is 0 Å². The van der Waals surface area contributed by atoms with E-state index in [1.807, 2.05) is 0 Å². The second-order valence-electron chi connectivity index (χ2n) is 3.93. The fraction of sp³-hybridized carbons (Fsp3) is 0.167. The maximum Gasteiger partial charge on any atom is 0.509 e. The first-order valence-electron chi connectivity index (χ1n) is 5.91. The predicted octanol–water partition coefficient (Wildman–Crippen LogP) is 0.382. The largest absolute Gasteiger partial charge is 0.509 e. The van der Waals surface area contributed by atoms with Gasteiger partial charge in [0.2, 0.25) is 0 Å². The number of carbonyl (C=O) groups is 1. The minimum Gasteiger partial charge on any atom is -0.462 e. The molecule has 0 fully saturated rings. The van der Waals surface area contributed by atoms with Crippen molar-refractivity contribution >= 4 is 30.3 Å². The second kappa shape index (κ2) is 6.08. The number of hydrogen-bond donors (Lipinski definition) is 2. The van der Waals surface area contributed by atoms with Gasteiger partial charge in [-0.3, -0.25) is 0 Å². The normalized spacial score (nSPS) is 10.4. The van der Waals surface area contributed by atoms with Crippen molar-refractivity contribution in [2.24, 2.45) is 0 Å². The lowest BCUT2D eigenvalue weighted by molar-refractivity contribution is 0.0527. The highest BCUT2D eigenvalue weighted by molar-refractivity contribution is 6.59. The molecule has 2 N–H and O–H groups in total. The van der Waals surface area contributed by atoms with Crippen molar-refractivity contribution in [2.75, 3.05) is 6.61 Å². The van der Waals surface area contributed by atoms with Crippen molar-refractivity contribution in [1.82, 2.24) is 9.78 Å². The van der Waals surface area contributed by atoms with Crippen LogP contribution in [0.15, 0.2) is 30.5 Å². The van der Waals surface area contributed by atoms with Crippen molar-refractivity contribution in [3.8, 4) is 5.69 Å². The Labute approximate surface area is 120 Å². The summed E-state index contributed by atoms with van der Waals surface area (Å²) in [4.78, 5) is 11.7. The van der Waals surface area contributed by atoms with Crippen LogP contribution in [-0.4, -0.2) is 39.5 Å². The van der Waals surface area contributed by atoms with Gasteiger partial charge in [-0.1, -0.05) is 11.6 Å². The van der Waals surface area contributed by atoms with Gasteiger partial charge >= 0.3 is 13.1 Å². The Morgan fingerprint density at radius 1 is 1.40 bits per heavy atom. The van der Waals surface area contributed by atoms with Crippen LogP contribution >= 0.6 is 11.6 Å². The van der Waals surface area contributed by atoms with Gasteiger partial charge in [0.05, 0.1) is 29.6 Å². The molecule has 0 spiro atoms. The summed E-state index contributed by atoms with van der Waals surface area (Å²) in [5, 5.41) is 23.5. The third-order valence-corrected chi connectivity index (χ3v) is 2.87. The number of benzene rings is 1. The minimum atomic E-state index is -1.85. The zero-order valence-corrected chi connectivity index (χ0v) is 11.4. The molecule has 1 heterocycles. The molecule has 20 heavy (non-hydrogen) atoms. The molecule has 6 nitrogen and oxygen atoms in total. The molecule has 0 aliphatic rings. The molecule has 0 radical (unpaired) electrons. The summed E-state index contributed by atoms with van der Waals surface area (Å²) in [6, 6.07) is 6.57. The maximum absolute atomic E-state index is 11.7. The fourth-order valence-corrected chi connectivity index (χ4v) is 1.89. The Hall–Kier alpha value is -1.83. The van der Waals surface area contributed by atoms with Crippen LogP contribution in [-0.2, 0) is 4.74 Å². The van der Waals surface area contributed by atoms with Crippen molar-refractivity contribution < 1.29 is 19.6 Å². The van der Waals surface area contributed by atoms with E-state index in [4.69, 9.17) is 16.3 Å². The van der Waals surface area contributed by atoms with Gasteiger partial charge in [0.25, 0.3) is 0 Å². The molecule has 0 unspecified atom stereocenters. The minimum absolute atomic E-state index is 0.0109. The average Bonchev–Trinajstić information content (AvgIpc) is 2.84. The molecular formula is C12H12BClN2O4. The van der Waals surface area contributed by atoms with Crippen molar-refractivity contribution in [1.29, 1.82) is 0 Å². The number of carbonyl (C=O) groups excluding carboxylic acids is 1. The number of ether oxygens (including phenoxy) is 1. The van der Waals surface area contributed by atoms with Crippen LogP contribution < -0.4 is 5.59 Å².